The van der Waals surface area contributed by atoms with Crippen molar-refractivity contribution in [2.24, 2.45) is 0 Å². The van der Waals surface area contributed by atoms with E-state index in [4.69, 9.17) is 0 Å². The predicted octanol–water partition coefficient (Wildman–Crippen LogP) is 6.06. The molecule has 0 aliphatic rings. The minimum Gasteiger partial charge on any atom is -0.195 e. The van der Waals surface area contributed by atoms with Crippen LogP contribution in [-0.2, 0) is 0 Å². The lowest BCUT2D eigenvalue weighted by molar-refractivity contribution is -0.436. The molecule has 138 valence electrons. The maximum Gasteiger partial charge on any atom is 0.460 e. The average molecular weight is 486 g/mol. The highest BCUT2D eigenvalue weighted by molar-refractivity contribution is 14.1. The Morgan fingerprint density at radius 3 is 1.17 bits per heavy atom. The van der Waals surface area contributed by atoms with Crippen LogP contribution in [0.3, 0.4) is 0 Å². The standard InChI is InChI=1S/C9H4F13I/c1-3(23)2-4(10,11)5(12,13)6(14,15)7(16,17)8(18,19)9(20,21)22/h2H,1H3. The van der Waals surface area contributed by atoms with E-state index in [0.717, 1.165) is 22.6 Å². The molecule has 0 aromatic rings. The van der Waals surface area contributed by atoms with Gasteiger partial charge in [0.1, 0.15) is 0 Å². The number of alkyl halides is 13. The Morgan fingerprint density at radius 2 is 0.913 bits per heavy atom. The molecule has 14 heteroatoms. The van der Waals surface area contributed by atoms with E-state index in [-0.39, 0.29) is 0 Å². The molecule has 0 nitrogen and oxygen atoms in total. The summed E-state index contributed by atoms with van der Waals surface area (Å²) < 4.78 is 163. The maximum absolute atomic E-state index is 13.0. The van der Waals surface area contributed by atoms with Crippen molar-refractivity contribution < 1.29 is 57.1 Å². The summed E-state index contributed by atoms with van der Waals surface area (Å²) in [5, 5.41) is 0. The zero-order valence-corrected chi connectivity index (χ0v) is 12.5. The van der Waals surface area contributed by atoms with E-state index in [1.807, 2.05) is 0 Å². The molecule has 0 rings (SSSR count). The van der Waals surface area contributed by atoms with Crippen molar-refractivity contribution in [1.82, 2.24) is 0 Å². The summed E-state index contributed by atoms with van der Waals surface area (Å²) in [5.41, 5.74) is 0. The van der Waals surface area contributed by atoms with E-state index >= 15 is 0 Å². The highest BCUT2D eigenvalue weighted by atomic mass is 127. The van der Waals surface area contributed by atoms with Gasteiger partial charge in [0.05, 0.1) is 0 Å². The highest BCUT2D eigenvalue weighted by Gasteiger charge is 2.90. The summed E-state index contributed by atoms with van der Waals surface area (Å²) >= 11 is 0.873. The van der Waals surface area contributed by atoms with Crippen molar-refractivity contribution in [3.8, 4) is 0 Å². The third-order valence-corrected chi connectivity index (χ3v) is 2.65. The first kappa shape index (κ1) is 22.6. The molecule has 0 bridgehead atoms. The Bertz CT molecular complexity index is 468. The maximum atomic E-state index is 13.0. The number of hydrogen-bond donors (Lipinski definition) is 0. The van der Waals surface area contributed by atoms with Crippen LogP contribution in [0.2, 0.25) is 0 Å². The summed E-state index contributed by atoms with van der Waals surface area (Å²) in [6.45, 7) is 0.630. The SMILES string of the molecule is CC(I)=CC(F)(F)C(F)(F)C(F)(F)C(F)(F)C(F)(F)C(F)(F)F. The lowest BCUT2D eigenvalue weighted by atomic mass is 9.94. The van der Waals surface area contributed by atoms with Crippen LogP contribution in [0.5, 0.6) is 0 Å². The minimum atomic E-state index is -7.85. The number of allylic oxidation sites excluding steroid dienone is 2. The van der Waals surface area contributed by atoms with Crippen molar-refractivity contribution >= 4 is 22.6 Å². The van der Waals surface area contributed by atoms with Crippen LogP contribution in [0.25, 0.3) is 0 Å². The van der Waals surface area contributed by atoms with Gasteiger partial charge >= 0.3 is 35.8 Å². The molecule has 0 saturated carbocycles. The van der Waals surface area contributed by atoms with Gasteiger partial charge in [0.25, 0.3) is 0 Å². The van der Waals surface area contributed by atoms with Crippen LogP contribution in [-0.4, -0.2) is 35.8 Å². The zero-order valence-electron chi connectivity index (χ0n) is 10.4. The lowest BCUT2D eigenvalue weighted by Gasteiger charge is -2.39. The van der Waals surface area contributed by atoms with E-state index in [0.29, 0.717) is 6.92 Å². The van der Waals surface area contributed by atoms with Gasteiger partial charge in [0.2, 0.25) is 0 Å². The second-order valence-electron chi connectivity index (χ2n) is 4.15. The number of halogens is 14. The van der Waals surface area contributed by atoms with Gasteiger partial charge < -0.3 is 0 Å². The van der Waals surface area contributed by atoms with Gasteiger partial charge in [-0.3, -0.25) is 0 Å². The van der Waals surface area contributed by atoms with Gasteiger partial charge in [-0.2, -0.15) is 57.1 Å². The van der Waals surface area contributed by atoms with E-state index in [2.05, 4.69) is 0 Å². The Kier molecular flexibility index (Phi) is 5.71. The fourth-order valence-corrected chi connectivity index (χ4v) is 1.51. The van der Waals surface area contributed by atoms with Gasteiger partial charge in [-0.05, 0) is 39.2 Å². The highest BCUT2D eigenvalue weighted by Crippen LogP contribution is 2.60. The molecule has 0 heterocycles. The van der Waals surface area contributed by atoms with Crippen molar-refractivity contribution in [2.75, 3.05) is 0 Å². The summed E-state index contributed by atoms with van der Waals surface area (Å²) in [5.74, 6) is -36.6. The molecule has 0 fully saturated rings. The third kappa shape index (κ3) is 3.36. The molecule has 0 aliphatic carbocycles. The first-order valence-corrected chi connectivity index (χ1v) is 6.05. The van der Waals surface area contributed by atoms with E-state index in [1.54, 1.807) is 0 Å². The Morgan fingerprint density at radius 1 is 0.609 bits per heavy atom. The van der Waals surface area contributed by atoms with Crippen LogP contribution in [0.15, 0.2) is 9.66 Å². The van der Waals surface area contributed by atoms with E-state index in [1.165, 1.54) is 0 Å². The van der Waals surface area contributed by atoms with E-state index < -0.39 is 45.4 Å². The molecule has 0 atom stereocenters. The second-order valence-corrected chi connectivity index (χ2v) is 5.85. The van der Waals surface area contributed by atoms with Crippen molar-refractivity contribution in [1.29, 1.82) is 0 Å². The predicted molar refractivity (Wildman–Crippen MR) is 58.6 cm³/mol. The van der Waals surface area contributed by atoms with Crippen molar-refractivity contribution in [3.05, 3.63) is 9.66 Å². The zero-order chi connectivity index (χ0) is 19.3. The quantitative estimate of drug-likeness (QED) is 0.328. The Balaban J connectivity index is 6.31. The fourth-order valence-electron chi connectivity index (χ4n) is 1.12. The molecule has 0 saturated heterocycles. The normalized spacial score (nSPS) is 16.7. The van der Waals surface area contributed by atoms with Gasteiger partial charge in [-0.15, -0.1) is 0 Å². The monoisotopic (exact) mass is 486 g/mol. The third-order valence-electron chi connectivity index (χ3n) is 2.34. The average Bonchev–Trinajstić information content (AvgIpc) is 2.24. The molecule has 0 N–H and O–H groups in total. The lowest BCUT2D eigenvalue weighted by Crippen LogP contribution is -2.69. The van der Waals surface area contributed by atoms with Crippen LogP contribution in [0.1, 0.15) is 6.92 Å². The molecular weight excluding hydrogens is 482 g/mol. The first-order chi connectivity index (χ1) is 9.67. The van der Waals surface area contributed by atoms with Crippen LogP contribution >= 0.6 is 22.6 Å². The van der Waals surface area contributed by atoms with Crippen molar-refractivity contribution in [3.63, 3.8) is 0 Å². The molecule has 0 radical (unpaired) electrons. The van der Waals surface area contributed by atoms with Gasteiger partial charge in [-0.1, -0.05) is 0 Å². The van der Waals surface area contributed by atoms with Gasteiger partial charge in [0, 0.05) is 0 Å². The topological polar surface area (TPSA) is 0 Å². The Hall–Kier alpha value is -0.440. The second kappa shape index (κ2) is 5.82. The molecule has 0 aliphatic heterocycles. The van der Waals surface area contributed by atoms with Crippen LogP contribution < -0.4 is 0 Å². The molecule has 0 aromatic carbocycles. The first-order valence-electron chi connectivity index (χ1n) is 4.97. The molecule has 0 aromatic heterocycles. The molecule has 0 amide bonds. The van der Waals surface area contributed by atoms with Crippen molar-refractivity contribution in [2.45, 2.75) is 42.7 Å². The van der Waals surface area contributed by atoms with Gasteiger partial charge in [-0.25, -0.2) is 0 Å². The smallest absolute Gasteiger partial charge is 0.195 e. The Labute approximate surface area is 132 Å². The molecule has 0 spiro atoms. The number of hydrogen-bond acceptors (Lipinski definition) is 0. The summed E-state index contributed by atoms with van der Waals surface area (Å²) in [6, 6.07) is 0. The van der Waals surface area contributed by atoms with Gasteiger partial charge in [0.15, 0.2) is 0 Å². The summed E-state index contributed by atoms with van der Waals surface area (Å²) in [4.78, 5) is 0. The summed E-state index contributed by atoms with van der Waals surface area (Å²) in [7, 11) is 0. The van der Waals surface area contributed by atoms with Crippen LogP contribution in [0.4, 0.5) is 57.1 Å². The molecular formula is C9H4F13I. The minimum absolute atomic E-state index is 0.630. The molecule has 23 heavy (non-hydrogen) atoms. The number of rotatable bonds is 5. The van der Waals surface area contributed by atoms with Crippen LogP contribution in [0, 0.1) is 0 Å². The van der Waals surface area contributed by atoms with E-state index in [9.17, 15) is 57.1 Å². The largest absolute Gasteiger partial charge is 0.460 e. The fraction of sp³-hybridized carbons (Fsp3) is 0.778. The molecule has 0 unspecified atom stereocenters. The summed E-state index contributed by atoms with van der Waals surface area (Å²) in [6.07, 6.45) is -8.36.